The molecular weight excluding hydrogens is 300 g/mol. The van der Waals surface area contributed by atoms with E-state index in [0.717, 1.165) is 29.8 Å². The van der Waals surface area contributed by atoms with Gasteiger partial charge in [0, 0.05) is 31.3 Å². The van der Waals surface area contributed by atoms with Crippen molar-refractivity contribution >= 4 is 23.6 Å². The Labute approximate surface area is 141 Å². The van der Waals surface area contributed by atoms with E-state index in [2.05, 4.69) is 5.32 Å². The zero-order valence-electron chi connectivity index (χ0n) is 13.4. The maximum Gasteiger partial charge on any atom is 0.244 e. The Kier molecular flexibility index (Phi) is 5.06. The van der Waals surface area contributed by atoms with Gasteiger partial charge in [-0.25, -0.2) is 0 Å². The molecule has 0 unspecified atom stereocenters. The third kappa shape index (κ3) is 4.10. The van der Waals surface area contributed by atoms with Crippen LogP contribution in [0, 0.1) is 0 Å². The van der Waals surface area contributed by atoms with E-state index in [-0.39, 0.29) is 11.8 Å². The van der Waals surface area contributed by atoms with Crippen LogP contribution >= 0.6 is 0 Å². The number of nitrogens with one attached hydrogen (secondary N) is 1. The van der Waals surface area contributed by atoms with Gasteiger partial charge in [-0.15, -0.1) is 0 Å². The molecule has 2 aromatic rings. The van der Waals surface area contributed by atoms with Crippen molar-refractivity contribution in [2.45, 2.75) is 19.4 Å². The summed E-state index contributed by atoms with van der Waals surface area (Å²) >= 11 is 0. The Morgan fingerprint density at radius 1 is 1.08 bits per heavy atom. The fourth-order valence-corrected chi connectivity index (χ4v) is 2.70. The molecule has 0 aromatic heterocycles. The molecular formula is C20H20N2O2. The maximum absolute atomic E-state index is 11.9. The standard InChI is InChI=1S/C20H20N2O2/c23-19(21-15-17-5-2-1-3-6-17)13-10-16-8-11-18(12-9-16)22-14-4-7-20(22)24/h1-3,5-6,8-13H,4,7,14-15H2,(H,21,23). The molecule has 0 saturated carbocycles. The van der Waals surface area contributed by atoms with E-state index in [0.29, 0.717) is 13.0 Å². The Morgan fingerprint density at radius 2 is 1.83 bits per heavy atom. The first-order valence-corrected chi connectivity index (χ1v) is 8.13. The second kappa shape index (κ2) is 7.59. The second-order valence-corrected chi connectivity index (χ2v) is 5.78. The quantitative estimate of drug-likeness (QED) is 0.861. The minimum absolute atomic E-state index is 0.127. The molecule has 1 N–H and O–H groups in total. The minimum Gasteiger partial charge on any atom is -0.348 e. The molecule has 1 fully saturated rings. The summed E-state index contributed by atoms with van der Waals surface area (Å²) in [7, 11) is 0. The van der Waals surface area contributed by atoms with Crippen molar-refractivity contribution in [3.8, 4) is 0 Å². The van der Waals surface area contributed by atoms with Gasteiger partial charge in [0.2, 0.25) is 11.8 Å². The van der Waals surface area contributed by atoms with Gasteiger partial charge in [-0.3, -0.25) is 9.59 Å². The van der Waals surface area contributed by atoms with Crippen LogP contribution in [0.25, 0.3) is 6.08 Å². The average Bonchev–Trinajstić information content (AvgIpc) is 3.05. The molecule has 0 spiro atoms. The van der Waals surface area contributed by atoms with Gasteiger partial charge in [0.15, 0.2) is 0 Å². The van der Waals surface area contributed by atoms with Crippen molar-refractivity contribution < 1.29 is 9.59 Å². The van der Waals surface area contributed by atoms with Crippen LogP contribution in [0.2, 0.25) is 0 Å². The first-order valence-electron chi connectivity index (χ1n) is 8.13. The molecule has 2 amide bonds. The largest absolute Gasteiger partial charge is 0.348 e. The summed E-state index contributed by atoms with van der Waals surface area (Å²) in [6.45, 7) is 1.30. The normalized spacial score (nSPS) is 14.3. The van der Waals surface area contributed by atoms with Crippen LogP contribution in [0.5, 0.6) is 0 Å². The van der Waals surface area contributed by atoms with Crippen LogP contribution in [0.15, 0.2) is 60.7 Å². The van der Waals surface area contributed by atoms with Crippen LogP contribution in [-0.2, 0) is 16.1 Å². The number of hydrogen-bond donors (Lipinski definition) is 1. The molecule has 1 aliphatic heterocycles. The third-order valence-electron chi connectivity index (χ3n) is 4.01. The van der Waals surface area contributed by atoms with Crippen molar-refractivity contribution in [3.63, 3.8) is 0 Å². The van der Waals surface area contributed by atoms with E-state index in [9.17, 15) is 9.59 Å². The van der Waals surface area contributed by atoms with E-state index in [4.69, 9.17) is 0 Å². The molecule has 1 heterocycles. The van der Waals surface area contributed by atoms with Gasteiger partial charge in [-0.1, -0.05) is 42.5 Å². The topological polar surface area (TPSA) is 49.4 Å². The number of rotatable bonds is 5. The van der Waals surface area contributed by atoms with Gasteiger partial charge in [-0.05, 0) is 35.8 Å². The lowest BCUT2D eigenvalue weighted by atomic mass is 10.2. The van der Waals surface area contributed by atoms with Crippen LogP contribution < -0.4 is 10.2 Å². The monoisotopic (exact) mass is 320 g/mol. The van der Waals surface area contributed by atoms with Gasteiger partial charge < -0.3 is 10.2 Å². The van der Waals surface area contributed by atoms with Crippen molar-refractivity contribution in [2.24, 2.45) is 0 Å². The highest BCUT2D eigenvalue weighted by molar-refractivity contribution is 5.95. The fraction of sp³-hybridized carbons (Fsp3) is 0.200. The summed E-state index contributed by atoms with van der Waals surface area (Å²) in [6, 6.07) is 17.5. The van der Waals surface area contributed by atoms with Crippen LogP contribution in [-0.4, -0.2) is 18.4 Å². The molecule has 0 bridgehead atoms. The van der Waals surface area contributed by atoms with E-state index in [1.807, 2.05) is 54.6 Å². The number of amides is 2. The van der Waals surface area contributed by atoms with Crippen molar-refractivity contribution in [3.05, 3.63) is 71.8 Å². The summed E-state index contributed by atoms with van der Waals surface area (Å²) in [6.07, 6.45) is 4.85. The molecule has 122 valence electrons. The number of hydrogen-bond acceptors (Lipinski definition) is 2. The zero-order valence-corrected chi connectivity index (χ0v) is 13.4. The Balaban J connectivity index is 1.54. The maximum atomic E-state index is 11.9. The number of nitrogens with zero attached hydrogens (tertiary/aromatic N) is 1. The van der Waals surface area contributed by atoms with Gasteiger partial charge in [0.05, 0.1) is 0 Å². The second-order valence-electron chi connectivity index (χ2n) is 5.78. The first-order chi connectivity index (χ1) is 11.7. The SMILES string of the molecule is O=C(C=Cc1ccc(N2CCCC2=O)cc1)NCc1ccccc1. The lowest BCUT2D eigenvalue weighted by Gasteiger charge is -2.15. The predicted octanol–water partition coefficient (Wildman–Crippen LogP) is 3.14. The number of carbonyl (C=O) groups is 2. The predicted molar refractivity (Wildman–Crippen MR) is 95.4 cm³/mol. The Hall–Kier alpha value is -2.88. The molecule has 1 saturated heterocycles. The van der Waals surface area contributed by atoms with Gasteiger partial charge in [0.25, 0.3) is 0 Å². The van der Waals surface area contributed by atoms with E-state index < -0.39 is 0 Å². The number of benzene rings is 2. The summed E-state index contributed by atoms with van der Waals surface area (Å²) < 4.78 is 0. The molecule has 0 aliphatic carbocycles. The fourth-order valence-electron chi connectivity index (χ4n) is 2.70. The molecule has 2 aromatic carbocycles. The van der Waals surface area contributed by atoms with E-state index in [1.165, 1.54) is 6.08 Å². The summed E-state index contributed by atoms with van der Waals surface area (Å²) in [4.78, 5) is 25.4. The molecule has 0 atom stereocenters. The average molecular weight is 320 g/mol. The highest BCUT2D eigenvalue weighted by atomic mass is 16.2. The van der Waals surface area contributed by atoms with E-state index >= 15 is 0 Å². The molecule has 0 radical (unpaired) electrons. The molecule has 4 heteroatoms. The van der Waals surface area contributed by atoms with E-state index in [1.54, 1.807) is 11.0 Å². The smallest absolute Gasteiger partial charge is 0.244 e. The molecule has 4 nitrogen and oxygen atoms in total. The molecule has 1 aliphatic rings. The van der Waals surface area contributed by atoms with Crippen molar-refractivity contribution in [1.29, 1.82) is 0 Å². The van der Waals surface area contributed by atoms with Crippen molar-refractivity contribution in [2.75, 3.05) is 11.4 Å². The van der Waals surface area contributed by atoms with Gasteiger partial charge >= 0.3 is 0 Å². The van der Waals surface area contributed by atoms with Crippen molar-refractivity contribution in [1.82, 2.24) is 5.32 Å². The van der Waals surface area contributed by atoms with Gasteiger partial charge in [-0.2, -0.15) is 0 Å². The first kappa shape index (κ1) is 16.0. The molecule has 24 heavy (non-hydrogen) atoms. The number of anilines is 1. The van der Waals surface area contributed by atoms with Crippen LogP contribution in [0.1, 0.15) is 24.0 Å². The summed E-state index contributed by atoms with van der Waals surface area (Å²) in [5.74, 6) is 0.0521. The highest BCUT2D eigenvalue weighted by Gasteiger charge is 2.21. The summed E-state index contributed by atoms with van der Waals surface area (Å²) in [5, 5.41) is 2.85. The van der Waals surface area contributed by atoms with Crippen LogP contribution in [0.4, 0.5) is 5.69 Å². The molecule has 3 rings (SSSR count). The third-order valence-corrected chi connectivity index (χ3v) is 4.01. The number of carbonyl (C=O) groups excluding carboxylic acids is 2. The summed E-state index contributed by atoms with van der Waals surface area (Å²) in [5.41, 5.74) is 2.92. The highest BCUT2D eigenvalue weighted by Crippen LogP contribution is 2.21. The van der Waals surface area contributed by atoms with Gasteiger partial charge in [0.1, 0.15) is 0 Å². The Morgan fingerprint density at radius 3 is 2.50 bits per heavy atom. The minimum atomic E-state index is -0.127. The van der Waals surface area contributed by atoms with Crippen LogP contribution in [0.3, 0.4) is 0 Å². The Bertz CT molecular complexity index is 736. The lowest BCUT2D eigenvalue weighted by Crippen LogP contribution is -2.23. The lowest BCUT2D eigenvalue weighted by molar-refractivity contribution is -0.117. The zero-order chi connectivity index (χ0) is 16.8.